The predicted octanol–water partition coefficient (Wildman–Crippen LogP) is 2.22. The molecule has 1 aromatic rings. The van der Waals surface area contributed by atoms with Gasteiger partial charge >= 0.3 is 6.18 Å². The zero-order chi connectivity index (χ0) is 16.5. The fraction of sp³-hybridized carbons (Fsp3) is 0.571. The van der Waals surface area contributed by atoms with Gasteiger partial charge in [0.25, 0.3) is 0 Å². The minimum absolute atomic E-state index is 0.00466. The normalized spacial score (nSPS) is 24.4. The molecule has 0 radical (unpaired) electrons. The number of halogens is 3. The molecule has 4 nitrogen and oxygen atoms in total. The van der Waals surface area contributed by atoms with E-state index >= 15 is 0 Å². The molecule has 1 N–H and O–H groups in total. The van der Waals surface area contributed by atoms with Crippen LogP contribution in [0.15, 0.2) is 24.3 Å². The van der Waals surface area contributed by atoms with E-state index in [0.717, 1.165) is 12.1 Å². The molecular weight excluding hydrogens is 317 g/mol. The van der Waals surface area contributed by atoms with E-state index in [-0.39, 0.29) is 17.6 Å². The van der Waals surface area contributed by atoms with Crippen molar-refractivity contribution in [2.75, 3.05) is 13.1 Å². The number of piperazine rings is 1. The topological polar surface area (TPSA) is 49.4 Å². The van der Waals surface area contributed by atoms with Gasteiger partial charge in [0.05, 0.1) is 11.3 Å². The van der Waals surface area contributed by atoms with Gasteiger partial charge in [-0.1, -0.05) is 18.2 Å². The summed E-state index contributed by atoms with van der Waals surface area (Å²) in [6, 6.07) is 4.25. The Morgan fingerprint density at radius 1 is 1.32 bits per heavy atom. The van der Waals surface area contributed by atoms with Crippen LogP contribution in [0, 0.1) is 0 Å². The summed E-state index contributed by atoms with van der Waals surface area (Å²) < 4.78 is 64.4. The summed E-state index contributed by atoms with van der Waals surface area (Å²) in [5.74, 6) is -0.423. The molecule has 2 rings (SSSR count). The number of nitrogens with zero attached hydrogens (tertiary/aromatic N) is 1. The minimum atomic E-state index is -4.48. The molecular formula is C14H19F3N2O2S. The first-order valence-corrected chi connectivity index (χ1v) is 8.61. The summed E-state index contributed by atoms with van der Waals surface area (Å²) in [7, 11) is -3.65. The van der Waals surface area contributed by atoms with Gasteiger partial charge in [0.15, 0.2) is 0 Å². The SMILES string of the molecule is CC1NCCN(S(=O)(=O)Cc2cccc(C(F)(F)F)c2)C1C. The Balaban J connectivity index is 2.22. The molecule has 2 unspecified atom stereocenters. The Hall–Kier alpha value is -1.12. The standard InChI is InChI=1S/C14H19F3N2O2S/c1-10-11(2)19(7-6-18-10)22(20,21)9-12-4-3-5-13(8-12)14(15,16)17/h3-5,8,10-11,18H,6-7,9H2,1-2H3. The maximum absolute atomic E-state index is 12.7. The lowest BCUT2D eigenvalue weighted by atomic mass is 10.1. The Bertz CT molecular complexity index is 631. The van der Waals surface area contributed by atoms with Gasteiger partial charge in [0.1, 0.15) is 0 Å². The number of alkyl halides is 3. The molecule has 8 heteroatoms. The predicted molar refractivity (Wildman–Crippen MR) is 77.7 cm³/mol. The van der Waals surface area contributed by atoms with Gasteiger partial charge in [-0.05, 0) is 25.5 Å². The van der Waals surface area contributed by atoms with Crippen LogP contribution in [0.2, 0.25) is 0 Å². The Morgan fingerprint density at radius 2 is 2.00 bits per heavy atom. The van der Waals surface area contributed by atoms with E-state index in [1.54, 1.807) is 6.92 Å². The highest BCUT2D eigenvalue weighted by Gasteiger charge is 2.34. The van der Waals surface area contributed by atoms with Crippen molar-refractivity contribution >= 4 is 10.0 Å². The molecule has 1 fully saturated rings. The van der Waals surface area contributed by atoms with Crippen LogP contribution in [0.1, 0.15) is 25.0 Å². The van der Waals surface area contributed by atoms with E-state index in [1.165, 1.54) is 16.4 Å². The van der Waals surface area contributed by atoms with E-state index in [9.17, 15) is 21.6 Å². The molecule has 1 aliphatic rings. The monoisotopic (exact) mass is 336 g/mol. The maximum Gasteiger partial charge on any atom is 0.416 e. The van der Waals surface area contributed by atoms with Crippen molar-refractivity contribution < 1.29 is 21.6 Å². The zero-order valence-electron chi connectivity index (χ0n) is 12.4. The van der Waals surface area contributed by atoms with Gasteiger partial charge in [-0.2, -0.15) is 17.5 Å². The third kappa shape index (κ3) is 3.80. The van der Waals surface area contributed by atoms with Crippen molar-refractivity contribution in [3.63, 3.8) is 0 Å². The third-order valence-electron chi connectivity index (χ3n) is 3.94. The second-order valence-corrected chi connectivity index (χ2v) is 7.47. The van der Waals surface area contributed by atoms with Gasteiger partial charge in [-0.25, -0.2) is 8.42 Å². The third-order valence-corrected chi connectivity index (χ3v) is 5.86. The average Bonchev–Trinajstić information content (AvgIpc) is 2.40. The quantitative estimate of drug-likeness (QED) is 0.921. The summed E-state index contributed by atoms with van der Waals surface area (Å²) in [5, 5.41) is 3.17. The van der Waals surface area contributed by atoms with E-state index < -0.39 is 27.5 Å². The molecule has 22 heavy (non-hydrogen) atoms. The van der Waals surface area contributed by atoms with Gasteiger partial charge in [0.2, 0.25) is 10.0 Å². The molecule has 0 bridgehead atoms. The first-order valence-electron chi connectivity index (χ1n) is 7.00. The molecule has 1 heterocycles. The van der Waals surface area contributed by atoms with Crippen molar-refractivity contribution in [3.05, 3.63) is 35.4 Å². The van der Waals surface area contributed by atoms with Crippen molar-refractivity contribution in [3.8, 4) is 0 Å². The summed E-state index contributed by atoms with van der Waals surface area (Å²) in [6.07, 6.45) is -4.48. The number of benzene rings is 1. The van der Waals surface area contributed by atoms with Crippen LogP contribution < -0.4 is 5.32 Å². The summed E-state index contributed by atoms with van der Waals surface area (Å²) in [5.41, 5.74) is -0.685. The average molecular weight is 336 g/mol. The molecule has 0 aromatic heterocycles. The van der Waals surface area contributed by atoms with Crippen LogP contribution >= 0.6 is 0 Å². The number of rotatable bonds is 3. The largest absolute Gasteiger partial charge is 0.416 e. The Morgan fingerprint density at radius 3 is 2.64 bits per heavy atom. The van der Waals surface area contributed by atoms with Crippen LogP contribution in [-0.2, 0) is 22.0 Å². The molecule has 0 spiro atoms. The van der Waals surface area contributed by atoms with E-state index in [0.29, 0.717) is 13.1 Å². The van der Waals surface area contributed by atoms with Crippen LogP contribution in [0.3, 0.4) is 0 Å². The van der Waals surface area contributed by atoms with E-state index in [1.807, 2.05) is 6.92 Å². The Labute approximate surface area is 128 Å². The lowest BCUT2D eigenvalue weighted by Gasteiger charge is -2.37. The van der Waals surface area contributed by atoms with Crippen LogP contribution in [0.5, 0.6) is 0 Å². The fourth-order valence-electron chi connectivity index (χ4n) is 2.55. The number of nitrogens with one attached hydrogen (secondary N) is 1. The molecule has 124 valence electrons. The lowest BCUT2D eigenvalue weighted by molar-refractivity contribution is -0.137. The van der Waals surface area contributed by atoms with Crippen molar-refractivity contribution in [2.45, 2.75) is 37.9 Å². The molecule has 1 aromatic carbocycles. The zero-order valence-corrected chi connectivity index (χ0v) is 13.2. The lowest BCUT2D eigenvalue weighted by Crippen LogP contribution is -2.57. The van der Waals surface area contributed by atoms with Gasteiger partial charge in [-0.15, -0.1) is 0 Å². The van der Waals surface area contributed by atoms with Crippen LogP contribution in [-0.4, -0.2) is 37.9 Å². The smallest absolute Gasteiger partial charge is 0.311 e. The Kier molecular flexibility index (Phi) is 4.84. The fourth-order valence-corrected chi connectivity index (χ4v) is 4.37. The highest BCUT2D eigenvalue weighted by molar-refractivity contribution is 7.88. The number of hydrogen-bond acceptors (Lipinski definition) is 3. The van der Waals surface area contributed by atoms with E-state index in [2.05, 4.69) is 5.32 Å². The first kappa shape index (κ1) is 17.2. The molecule has 1 saturated heterocycles. The minimum Gasteiger partial charge on any atom is -0.311 e. The maximum atomic E-state index is 12.7. The molecule has 0 aliphatic carbocycles. The van der Waals surface area contributed by atoms with Crippen molar-refractivity contribution in [2.24, 2.45) is 0 Å². The van der Waals surface area contributed by atoms with Gasteiger partial charge in [-0.3, -0.25) is 0 Å². The van der Waals surface area contributed by atoms with E-state index in [4.69, 9.17) is 0 Å². The molecule has 1 aliphatic heterocycles. The van der Waals surface area contributed by atoms with Crippen molar-refractivity contribution in [1.82, 2.24) is 9.62 Å². The van der Waals surface area contributed by atoms with Crippen LogP contribution in [0.4, 0.5) is 13.2 Å². The highest BCUT2D eigenvalue weighted by atomic mass is 32.2. The molecule has 2 atom stereocenters. The summed E-state index contributed by atoms with van der Waals surface area (Å²) in [4.78, 5) is 0. The highest BCUT2D eigenvalue weighted by Crippen LogP contribution is 2.30. The first-order chi connectivity index (χ1) is 10.1. The van der Waals surface area contributed by atoms with Gasteiger partial charge < -0.3 is 5.32 Å². The second-order valence-electron chi connectivity index (χ2n) is 5.55. The number of hydrogen-bond donors (Lipinski definition) is 1. The van der Waals surface area contributed by atoms with Gasteiger partial charge in [0, 0.05) is 25.2 Å². The summed E-state index contributed by atoms with van der Waals surface area (Å²) >= 11 is 0. The molecule has 0 saturated carbocycles. The number of sulfonamides is 1. The summed E-state index contributed by atoms with van der Waals surface area (Å²) in [6.45, 7) is 4.54. The molecule has 0 amide bonds. The van der Waals surface area contributed by atoms with Crippen LogP contribution in [0.25, 0.3) is 0 Å². The second kappa shape index (κ2) is 6.17. The van der Waals surface area contributed by atoms with Crippen molar-refractivity contribution in [1.29, 1.82) is 0 Å².